The molecule has 0 saturated carbocycles. The molecule has 0 bridgehead atoms. The molecule has 0 aliphatic heterocycles. The van der Waals surface area contributed by atoms with Gasteiger partial charge in [0, 0.05) is 19.2 Å². The van der Waals surface area contributed by atoms with Gasteiger partial charge in [-0.2, -0.15) is 0 Å². The Bertz CT molecular complexity index is 292. The second-order valence-electron chi connectivity index (χ2n) is 5.82. The lowest BCUT2D eigenvalue weighted by molar-refractivity contribution is -0.138. The predicted octanol–water partition coefficient (Wildman–Crippen LogP) is 3.54. The molecule has 0 rings (SSSR count). The average Bonchev–Trinajstić information content (AvgIpc) is 2.49. The maximum atomic E-state index is 11.3. The van der Waals surface area contributed by atoms with E-state index in [2.05, 4.69) is 18.7 Å². The van der Waals surface area contributed by atoms with Crippen molar-refractivity contribution in [3.8, 4) is 0 Å². The molecule has 22 heavy (non-hydrogen) atoms. The van der Waals surface area contributed by atoms with Crippen molar-refractivity contribution < 1.29 is 14.6 Å². The number of aliphatic hydroxyl groups is 1. The van der Waals surface area contributed by atoms with Crippen molar-refractivity contribution in [3.05, 3.63) is 12.2 Å². The fourth-order valence-electron chi connectivity index (χ4n) is 2.33. The minimum Gasteiger partial charge on any atom is -0.461 e. The van der Waals surface area contributed by atoms with E-state index in [-0.39, 0.29) is 12.1 Å². The van der Waals surface area contributed by atoms with Gasteiger partial charge in [0.15, 0.2) is 0 Å². The van der Waals surface area contributed by atoms with Crippen LogP contribution >= 0.6 is 0 Å². The van der Waals surface area contributed by atoms with Crippen LogP contribution in [0.1, 0.15) is 65.7 Å². The maximum Gasteiger partial charge on any atom is 0.330 e. The van der Waals surface area contributed by atoms with E-state index in [1.165, 1.54) is 25.3 Å². The van der Waals surface area contributed by atoms with Crippen molar-refractivity contribution in [2.45, 2.75) is 71.8 Å². The summed E-state index contributed by atoms with van der Waals surface area (Å²) in [6.45, 7) is 8.84. The molecule has 0 radical (unpaired) electrons. The molecule has 1 atom stereocenters. The predicted molar refractivity (Wildman–Crippen MR) is 91.9 cm³/mol. The summed E-state index contributed by atoms with van der Waals surface area (Å²) in [5, 5.41) is 10.2. The van der Waals surface area contributed by atoms with Crippen molar-refractivity contribution in [2.75, 3.05) is 26.2 Å². The third kappa shape index (κ3) is 12.8. The van der Waals surface area contributed by atoms with Gasteiger partial charge in [-0.05, 0) is 26.3 Å². The highest BCUT2D eigenvalue weighted by atomic mass is 16.5. The zero-order valence-corrected chi connectivity index (χ0v) is 14.7. The molecule has 0 aliphatic rings. The number of nitrogens with zero attached hydrogens (tertiary/aromatic N) is 1. The zero-order chi connectivity index (χ0) is 16.6. The van der Waals surface area contributed by atoms with Gasteiger partial charge in [-0.25, -0.2) is 4.79 Å². The smallest absolute Gasteiger partial charge is 0.330 e. The van der Waals surface area contributed by atoms with E-state index >= 15 is 0 Å². The third-order valence-corrected chi connectivity index (χ3v) is 3.64. The lowest BCUT2D eigenvalue weighted by Gasteiger charge is -2.24. The number of esters is 1. The molecule has 0 saturated heterocycles. The Labute approximate surface area is 136 Å². The lowest BCUT2D eigenvalue weighted by Crippen LogP contribution is -2.36. The molecule has 4 heteroatoms. The first-order chi connectivity index (χ1) is 10.6. The van der Waals surface area contributed by atoms with Gasteiger partial charge in [-0.3, -0.25) is 4.90 Å². The van der Waals surface area contributed by atoms with Gasteiger partial charge in [0.2, 0.25) is 0 Å². The average molecular weight is 313 g/mol. The van der Waals surface area contributed by atoms with E-state index in [0.717, 1.165) is 32.2 Å². The minimum absolute atomic E-state index is 0.278. The van der Waals surface area contributed by atoms with E-state index in [4.69, 9.17) is 4.74 Å². The summed E-state index contributed by atoms with van der Waals surface area (Å²) in [6, 6.07) is 0. The third-order valence-electron chi connectivity index (χ3n) is 3.64. The van der Waals surface area contributed by atoms with Crippen molar-refractivity contribution in [2.24, 2.45) is 0 Å². The topological polar surface area (TPSA) is 49.8 Å². The van der Waals surface area contributed by atoms with Gasteiger partial charge in [-0.1, -0.05) is 52.0 Å². The van der Waals surface area contributed by atoms with Crippen LogP contribution in [-0.4, -0.2) is 48.3 Å². The highest BCUT2D eigenvalue weighted by molar-refractivity contribution is 5.81. The molecule has 1 unspecified atom stereocenters. The van der Waals surface area contributed by atoms with Crippen LogP contribution < -0.4 is 0 Å². The summed E-state index contributed by atoms with van der Waals surface area (Å²) in [6.07, 6.45) is 10.7. The molecule has 0 aliphatic carbocycles. The number of carbonyl (C=O) groups excluding carboxylic acids is 1. The standard InChI is InChI=1S/C18H35NO3/c1-4-7-9-10-12-17(20)16-19(13-8-5-2)14-15-22-18(21)11-6-3/h6,11,17,20H,4-5,7-10,12-16H2,1-3H3/b11-6+. The minimum atomic E-state index is -0.293. The fraction of sp³-hybridized carbons (Fsp3) is 0.833. The maximum absolute atomic E-state index is 11.3. The van der Waals surface area contributed by atoms with Gasteiger partial charge in [0.1, 0.15) is 6.61 Å². The Morgan fingerprint density at radius 2 is 1.86 bits per heavy atom. The van der Waals surface area contributed by atoms with Crippen LogP contribution in [0.15, 0.2) is 12.2 Å². The Kier molecular flexibility index (Phi) is 14.4. The Morgan fingerprint density at radius 1 is 1.14 bits per heavy atom. The molecule has 130 valence electrons. The van der Waals surface area contributed by atoms with Crippen LogP contribution in [0, 0.1) is 0 Å². The van der Waals surface area contributed by atoms with Crippen molar-refractivity contribution in [1.82, 2.24) is 4.90 Å². The number of rotatable bonds is 14. The Morgan fingerprint density at radius 3 is 2.50 bits per heavy atom. The number of ether oxygens (including phenoxy) is 1. The van der Waals surface area contributed by atoms with Crippen molar-refractivity contribution in [1.29, 1.82) is 0 Å². The zero-order valence-electron chi connectivity index (χ0n) is 14.7. The molecule has 0 spiro atoms. The second kappa shape index (κ2) is 15.0. The van der Waals surface area contributed by atoms with Crippen LogP contribution in [0.3, 0.4) is 0 Å². The lowest BCUT2D eigenvalue weighted by atomic mass is 10.1. The quantitative estimate of drug-likeness (QED) is 0.303. The van der Waals surface area contributed by atoms with Gasteiger partial charge in [0.05, 0.1) is 6.10 Å². The first-order valence-electron chi connectivity index (χ1n) is 8.83. The molecule has 0 amide bonds. The summed E-state index contributed by atoms with van der Waals surface area (Å²) < 4.78 is 5.14. The summed E-state index contributed by atoms with van der Waals surface area (Å²) in [4.78, 5) is 13.5. The molecule has 0 aromatic heterocycles. The normalized spacial score (nSPS) is 13.0. The number of unbranched alkanes of at least 4 members (excludes halogenated alkanes) is 4. The number of hydrogen-bond acceptors (Lipinski definition) is 4. The van der Waals surface area contributed by atoms with Gasteiger partial charge in [0.25, 0.3) is 0 Å². The van der Waals surface area contributed by atoms with Gasteiger partial charge in [-0.15, -0.1) is 0 Å². The SMILES string of the molecule is C/C=C/C(=O)OCCN(CCCC)CC(O)CCCCCC. The molecule has 0 fully saturated rings. The van der Waals surface area contributed by atoms with Crippen LogP contribution in [0.5, 0.6) is 0 Å². The second-order valence-corrected chi connectivity index (χ2v) is 5.82. The van der Waals surface area contributed by atoms with E-state index in [0.29, 0.717) is 19.7 Å². The monoisotopic (exact) mass is 313 g/mol. The first-order valence-corrected chi connectivity index (χ1v) is 8.83. The van der Waals surface area contributed by atoms with Crippen LogP contribution in [0.2, 0.25) is 0 Å². The Balaban J connectivity index is 4.01. The molecule has 1 N–H and O–H groups in total. The summed E-state index contributed by atoms with van der Waals surface area (Å²) in [5.74, 6) is -0.293. The number of hydrogen-bond donors (Lipinski definition) is 1. The summed E-state index contributed by atoms with van der Waals surface area (Å²) >= 11 is 0. The first kappa shape index (κ1) is 21.1. The highest BCUT2D eigenvalue weighted by Gasteiger charge is 2.12. The van der Waals surface area contributed by atoms with E-state index in [1.807, 2.05) is 0 Å². The highest BCUT2D eigenvalue weighted by Crippen LogP contribution is 2.07. The van der Waals surface area contributed by atoms with E-state index < -0.39 is 0 Å². The number of aliphatic hydroxyl groups excluding tert-OH is 1. The molecular weight excluding hydrogens is 278 g/mol. The number of carbonyl (C=O) groups is 1. The molecular formula is C18H35NO3. The summed E-state index contributed by atoms with van der Waals surface area (Å²) in [5.41, 5.74) is 0. The van der Waals surface area contributed by atoms with Crippen LogP contribution in [0.25, 0.3) is 0 Å². The molecule has 0 heterocycles. The van der Waals surface area contributed by atoms with E-state index in [1.54, 1.807) is 13.0 Å². The Hall–Kier alpha value is -0.870. The number of allylic oxidation sites excluding steroid dienone is 1. The van der Waals surface area contributed by atoms with Gasteiger partial charge < -0.3 is 9.84 Å². The molecule has 0 aromatic rings. The van der Waals surface area contributed by atoms with Crippen LogP contribution in [0.4, 0.5) is 0 Å². The van der Waals surface area contributed by atoms with Crippen LogP contribution in [-0.2, 0) is 9.53 Å². The van der Waals surface area contributed by atoms with Gasteiger partial charge >= 0.3 is 5.97 Å². The summed E-state index contributed by atoms with van der Waals surface area (Å²) in [7, 11) is 0. The largest absolute Gasteiger partial charge is 0.461 e. The van der Waals surface area contributed by atoms with Crippen molar-refractivity contribution in [3.63, 3.8) is 0 Å². The fourth-order valence-corrected chi connectivity index (χ4v) is 2.33. The molecule has 0 aromatic carbocycles. The van der Waals surface area contributed by atoms with Crippen molar-refractivity contribution >= 4 is 5.97 Å². The molecule has 4 nitrogen and oxygen atoms in total. The van der Waals surface area contributed by atoms with E-state index in [9.17, 15) is 9.90 Å².